The number of alkyl halides is 12. The van der Waals surface area contributed by atoms with E-state index in [2.05, 4.69) is 9.98 Å². The number of hydrogen-bond acceptors (Lipinski definition) is 5. The largest absolute Gasteiger partial charge is 0.417 e. The standard InChI is InChI=1S/C17H13F6N3O3S.C17H13F6N3OS/c1-8-5-13(12(17(21,22)23)7-11(8)14(27)26-15(24)25)30(28,29)10-4-2-3-9(6-10)16(18,19)20;1-8-5-13(28-10-4-2-3-9(6-10)16(18,19)20)12(17(21,22)23)7-11(8)14(27)26-15(24)25/h2-7H,1H3,(H4,24,25,26,27);2-7H,1H3,(H4,24,25,26,27). The van der Waals surface area contributed by atoms with Gasteiger partial charge in [0, 0.05) is 20.9 Å². The van der Waals surface area contributed by atoms with Crippen LogP contribution in [0.4, 0.5) is 52.7 Å². The van der Waals surface area contributed by atoms with Gasteiger partial charge >= 0.3 is 24.7 Å². The van der Waals surface area contributed by atoms with Crippen LogP contribution in [0.2, 0.25) is 0 Å². The van der Waals surface area contributed by atoms with Crippen molar-refractivity contribution in [3.05, 3.63) is 117 Å². The Balaban J connectivity index is 0.000000311. The van der Waals surface area contributed by atoms with Crippen LogP contribution in [0.1, 0.15) is 54.1 Å². The molecule has 4 aromatic rings. The average Bonchev–Trinajstić information content (AvgIpc) is 3.06. The zero-order valence-electron chi connectivity index (χ0n) is 29.1. The van der Waals surface area contributed by atoms with E-state index in [9.17, 15) is 70.7 Å². The minimum atomic E-state index is -5.26. The number of hydrogen-bond donors (Lipinski definition) is 4. The molecule has 0 unspecified atom stereocenters. The number of guanidine groups is 2. The van der Waals surface area contributed by atoms with Crippen molar-refractivity contribution < 1.29 is 70.7 Å². The van der Waals surface area contributed by atoms with E-state index in [1.165, 1.54) is 13.0 Å². The highest BCUT2D eigenvalue weighted by molar-refractivity contribution is 7.99. The van der Waals surface area contributed by atoms with Crippen LogP contribution in [0.3, 0.4) is 0 Å². The van der Waals surface area contributed by atoms with Crippen LogP contribution < -0.4 is 22.9 Å². The van der Waals surface area contributed by atoms with Crippen molar-refractivity contribution >= 4 is 45.3 Å². The second-order valence-electron chi connectivity index (χ2n) is 11.7. The molecule has 0 aromatic heterocycles. The summed E-state index contributed by atoms with van der Waals surface area (Å²) in [4.78, 5) is 27.5. The van der Waals surface area contributed by atoms with E-state index in [1.807, 2.05) is 0 Å². The molecule has 10 nitrogen and oxygen atoms in total. The summed E-state index contributed by atoms with van der Waals surface area (Å²) in [5, 5.41) is 0. The molecule has 0 atom stereocenters. The first kappa shape index (κ1) is 46.6. The fourth-order valence-corrected chi connectivity index (χ4v) is 7.45. The number of aryl methyl sites for hydroxylation is 2. The van der Waals surface area contributed by atoms with Crippen molar-refractivity contribution in [2.45, 2.75) is 58.1 Å². The molecule has 0 heterocycles. The van der Waals surface area contributed by atoms with Crippen molar-refractivity contribution in [1.29, 1.82) is 0 Å². The summed E-state index contributed by atoms with van der Waals surface area (Å²) < 4.78 is 184. The normalized spacial score (nSPS) is 12.2. The SMILES string of the molecule is Cc1cc(S(=O)(=O)c2cccc(C(F)(F)F)c2)c(C(F)(F)F)cc1C(=O)N=C(N)N.Cc1cc(Sc2cccc(C(F)(F)F)c2)c(C(F)(F)F)cc1C(=O)N=C(N)N. The van der Waals surface area contributed by atoms with Gasteiger partial charge in [-0.2, -0.15) is 62.7 Å². The average molecular weight is 875 g/mol. The summed E-state index contributed by atoms with van der Waals surface area (Å²) in [6, 6.07) is 8.63. The molecule has 2 amide bonds. The Morgan fingerprint density at radius 1 is 0.569 bits per heavy atom. The second-order valence-corrected chi connectivity index (χ2v) is 14.7. The molecule has 4 aromatic carbocycles. The maximum absolute atomic E-state index is 13.6. The lowest BCUT2D eigenvalue weighted by molar-refractivity contribution is -0.140. The molecule has 312 valence electrons. The van der Waals surface area contributed by atoms with Crippen LogP contribution in [0, 0.1) is 13.8 Å². The van der Waals surface area contributed by atoms with Crippen LogP contribution in [0.15, 0.2) is 102 Å². The minimum absolute atomic E-state index is 0.0389. The first-order valence-electron chi connectivity index (χ1n) is 15.3. The van der Waals surface area contributed by atoms with Crippen molar-refractivity contribution in [2.75, 3.05) is 0 Å². The number of rotatable bonds is 6. The van der Waals surface area contributed by atoms with Gasteiger partial charge in [-0.1, -0.05) is 23.9 Å². The van der Waals surface area contributed by atoms with Crippen LogP contribution >= 0.6 is 11.8 Å². The van der Waals surface area contributed by atoms with E-state index in [0.29, 0.717) is 30.0 Å². The van der Waals surface area contributed by atoms with Crippen molar-refractivity contribution in [3.63, 3.8) is 0 Å². The molecule has 24 heteroatoms. The number of benzene rings is 4. The number of aliphatic imine (C=N–C) groups is 2. The molecule has 0 saturated carbocycles. The van der Waals surface area contributed by atoms with Gasteiger partial charge < -0.3 is 22.9 Å². The molecule has 0 saturated heterocycles. The van der Waals surface area contributed by atoms with Crippen LogP contribution in [-0.2, 0) is 34.5 Å². The number of halogens is 12. The van der Waals surface area contributed by atoms with Gasteiger partial charge in [-0.05, 0) is 85.6 Å². The molecule has 0 aliphatic rings. The van der Waals surface area contributed by atoms with Gasteiger partial charge in [0.15, 0.2) is 11.9 Å². The third kappa shape index (κ3) is 11.6. The number of amides is 2. The Morgan fingerprint density at radius 3 is 1.45 bits per heavy atom. The zero-order chi connectivity index (χ0) is 44.3. The molecule has 0 aliphatic carbocycles. The van der Waals surface area contributed by atoms with Gasteiger partial charge in [0.2, 0.25) is 9.84 Å². The molecule has 0 radical (unpaired) electrons. The van der Waals surface area contributed by atoms with Crippen LogP contribution in [0.5, 0.6) is 0 Å². The maximum atomic E-state index is 13.6. The maximum Gasteiger partial charge on any atom is 0.417 e. The van der Waals surface area contributed by atoms with Gasteiger partial charge in [0.25, 0.3) is 11.8 Å². The number of sulfone groups is 1. The van der Waals surface area contributed by atoms with E-state index in [-0.39, 0.29) is 38.6 Å². The van der Waals surface area contributed by atoms with E-state index in [4.69, 9.17) is 22.9 Å². The molecular weight excluding hydrogens is 849 g/mol. The van der Waals surface area contributed by atoms with Crippen molar-refractivity contribution in [3.8, 4) is 0 Å². The Morgan fingerprint density at radius 2 is 1.00 bits per heavy atom. The monoisotopic (exact) mass is 874 g/mol. The number of nitrogens with zero attached hydrogens (tertiary/aromatic N) is 2. The lowest BCUT2D eigenvalue weighted by Gasteiger charge is -2.17. The summed E-state index contributed by atoms with van der Waals surface area (Å²) in [5.74, 6) is -3.64. The first-order valence-corrected chi connectivity index (χ1v) is 17.6. The Hall–Kier alpha value is -5.78. The quantitative estimate of drug-likeness (QED) is 0.0846. The lowest BCUT2D eigenvalue weighted by atomic mass is 10.0. The molecule has 0 spiro atoms. The highest BCUT2D eigenvalue weighted by Crippen LogP contribution is 2.43. The third-order valence-corrected chi connectivity index (χ3v) is 10.2. The fourth-order valence-electron chi connectivity index (χ4n) is 4.76. The van der Waals surface area contributed by atoms with E-state index in [0.717, 1.165) is 43.3 Å². The lowest BCUT2D eigenvalue weighted by Crippen LogP contribution is -2.24. The predicted molar refractivity (Wildman–Crippen MR) is 185 cm³/mol. The third-order valence-electron chi connectivity index (χ3n) is 7.34. The molecule has 0 bridgehead atoms. The summed E-state index contributed by atoms with van der Waals surface area (Å²) in [6.07, 6.45) is -19.7. The topological polar surface area (TPSA) is 197 Å². The molecule has 8 N–H and O–H groups in total. The summed E-state index contributed by atoms with van der Waals surface area (Å²) in [5.41, 5.74) is 13.8. The fraction of sp³-hybridized carbons (Fsp3) is 0.176. The first-order chi connectivity index (χ1) is 26.3. The number of carbonyl (C=O) groups is 2. The zero-order valence-corrected chi connectivity index (χ0v) is 30.8. The van der Waals surface area contributed by atoms with Crippen molar-refractivity contribution in [1.82, 2.24) is 0 Å². The van der Waals surface area contributed by atoms with Gasteiger partial charge in [-0.15, -0.1) is 0 Å². The molecule has 0 aliphatic heterocycles. The molecule has 4 rings (SSSR count). The Bertz CT molecular complexity index is 2400. The Kier molecular flexibility index (Phi) is 13.6. The summed E-state index contributed by atoms with van der Waals surface area (Å²) >= 11 is 0.503. The summed E-state index contributed by atoms with van der Waals surface area (Å²) in [7, 11) is -5.04. The van der Waals surface area contributed by atoms with E-state index >= 15 is 0 Å². The van der Waals surface area contributed by atoms with E-state index in [1.54, 1.807) is 0 Å². The molecular formula is C34H26F12N6O4S2. The molecule has 58 heavy (non-hydrogen) atoms. The minimum Gasteiger partial charge on any atom is -0.370 e. The number of carbonyl (C=O) groups excluding carboxylic acids is 2. The van der Waals surface area contributed by atoms with Gasteiger partial charge in [0.05, 0.1) is 32.0 Å². The summed E-state index contributed by atoms with van der Waals surface area (Å²) in [6.45, 7) is 2.49. The molecule has 0 fully saturated rings. The smallest absolute Gasteiger partial charge is 0.370 e. The van der Waals surface area contributed by atoms with Crippen LogP contribution in [0.25, 0.3) is 0 Å². The van der Waals surface area contributed by atoms with Crippen LogP contribution in [-0.4, -0.2) is 32.2 Å². The highest BCUT2D eigenvalue weighted by Gasteiger charge is 2.40. The predicted octanol–water partition coefficient (Wildman–Crippen LogP) is 7.88. The second kappa shape index (κ2) is 17.0. The van der Waals surface area contributed by atoms with E-state index < -0.39 is 95.9 Å². The van der Waals surface area contributed by atoms with Gasteiger partial charge in [-0.25, -0.2) is 8.42 Å². The number of nitrogens with two attached hydrogens (primary N) is 4. The Labute approximate surface area is 323 Å². The van der Waals surface area contributed by atoms with Crippen molar-refractivity contribution in [2.24, 2.45) is 32.9 Å². The highest BCUT2D eigenvalue weighted by atomic mass is 32.2. The van der Waals surface area contributed by atoms with Gasteiger partial charge in [0.1, 0.15) is 0 Å². The van der Waals surface area contributed by atoms with Gasteiger partial charge in [-0.3, -0.25) is 9.59 Å².